The van der Waals surface area contributed by atoms with Crippen molar-refractivity contribution in [1.82, 2.24) is 4.90 Å². The molecular formula is C13H16F2N2O. The number of likely N-dealkylation sites (N-methyl/N-ethyl adjacent to an activating group) is 1. The van der Waals surface area contributed by atoms with Crippen LogP contribution in [0.25, 0.3) is 0 Å². The first-order valence-electron chi connectivity index (χ1n) is 5.97. The van der Waals surface area contributed by atoms with Gasteiger partial charge < -0.3 is 10.6 Å². The first-order chi connectivity index (χ1) is 8.50. The molecule has 1 amide bonds. The van der Waals surface area contributed by atoms with Crippen LogP contribution >= 0.6 is 0 Å². The van der Waals surface area contributed by atoms with Crippen LogP contribution in [0.3, 0.4) is 0 Å². The average Bonchev–Trinajstić information content (AvgIpc) is 2.42. The molecule has 5 heteroatoms. The maximum Gasteiger partial charge on any atom is 0.222 e. The van der Waals surface area contributed by atoms with Gasteiger partial charge in [-0.25, -0.2) is 8.78 Å². The van der Waals surface area contributed by atoms with Gasteiger partial charge in [0.2, 0.25) is 5.91 Å². The van der Waals surface area contributed by atoms with E-state index in [1.54, 1.807) is 7.05 Å². The molecule has 0 radical (unpaired) electrons. The number of benzene rings is 1. The van der Waals surface area contributed by atoms with Gasteiger partial charge in [-0.15, -0.1) is 0 Å². The van der Waals surface area contributed by atoms with E-state index in [1.165, 1.54) is 17.0 Å². The summed E-state index contributed by atoms with van der Waals surface area (Å²) in [6, 6.07) is 2.52. The second kappa shape index (κ2) is 5.02. The van der Waals surface area contributed by atoms with E-state index in [4.69, 9.17) is 5.73 Å². The van der Waals surface area contributed by atoms with Crippen LogP contribution < -0.4 is 5.73 Å². The lowest BCUT2D eigenvalue weighted by Gasteiger charge is -2.31. The van der Waals surface area contributed by atoms with E-state index in [2.05, 4.69) is 0 Å². The van der Waals surface area contributed by atoms with E-state index < -0.39 is 17.7 Å². The van der Waals surface area contributed by atoms with E-state index in [0.29, 0.717) is 19.3 Å². The van der Waals surface area contributed by atoms with Gasteiger partial charge in [0.05, 0.1) is 6.04 Å². The van der Waals surface area contributed by atoms with Crippen molar-refractivity contribution >= 4 is 5.91 Å². The molecule has 18 heavy (non-hydrogen) atoms. The Morgan fingerprint density at radius 3 is 2.78 bits per heavy atom. The van der Waals surface area contributed by atoms with Crippen LogP contribution in [0.15, 0.2) is 18.2 Å². The molecule has 1 aromatic carbocycles. The van der Waals surface area contributed by atoms with Crippen molar-refractivity contribution in [3.05, 3.63) is 35.4 Å². The molecule has 2 atom stereocenters. The first kappa shape index (κ1) is 13.0. The van der Waals surface area contributed by atoms with Crippen LogP contribution in [-0.2, 0) is 4.79 Å². The number of nitrogens with zero attached hydrogens (tertiary/aromatic N) is 1. The fraction of sp³-hybridized carbons (Fsp3) is 0.462. The van der Waals surface area contributed by atoms with Crippen LogP contribution in [-0.4, -0.2) is 23.9 Å². The van der Waals surface area contributed by atoms with Crippen molar-refractivity contribution in [1.29, 1.82) is 0 Å². The third kappa shape index (κ3) is 2.36. The predicted octanol–water partition coefficient (Wildman–Crippen LogP) is 1.98. The third-order valence-corrected chi connectivity index (χ3v) is 3.43. The monoisotopic (exact) mass is 254 g/mol. The Labute approximate surface area is 105 Å². The van der Waals surface area contributed by atoms with Gasteiger partial charge in [0, 0.05) is 31.1 Å². The molecule has 2 unspecified atom stereocenters. The normalized spacial score (nSPS) is 25.1. The summed E-state index contributed by atoms with van der Waals surface area (Å²) >= 11 is 0. The largest absolute Gasteiger partial charge is 0.337 e. The molecule has 1 heterocycles. The molecule has 2 N–H and O–H groups in total. The SMILES string of the molecule is CN1C(=O)CCCC(N)C1c1ccc(F)cc1F. The summed E-state index contributed by atoms with van der Waals surface area (Å²) in [5, 5.41) is 0. The molecule has 0 aliphatic carbocycles. The second-order valence-corrected chi connectivity index (χ2v) is 4.67. The fourth-order valence-electron chi connectivity index (χ4n) is 2.45. The minimum atomic E-state index is -0.656. The van der Waals surface area contributed by atoms with Crippen LogP contribution in [0.5, 0.6) is 0 Å². The van der Waals surface area contributed by atoms with Gasteiger partial charge in [-0.2, -0.15) is 0 Å². The number of likely N-dealkylation sites (tertiary alicyclic amines) is 1. The highest BCUT2D eigenvalue weighted by Gasteiger charge is 2.32. The highest BCUT2D eigenvalue weighted by molar-refractivity contribution is 5.76. The zero-order chi connectivity index (χ0) is 13.3. The Morgan fingerprint density at radius 1 is 1.39 bits per heavy atom. The molecule has 2 rings (SSSR count). The Bertz CT molecular complexity index is 464. The van der Waals surface area contributed by atoms with E-state index in [1.807, 2.05) is 0 Å². The Hall–Kier alpha value is -1.49. The lowest BCUT2D eigenvalue weighted by atomic mass is 9.96. The Morgan fingerprint density at radius 2 is 2.11 bits per heavy atom. The van der Waals surface area contributed by atoms with Crippen LogP contribution in [0.2, 0.25) is 0 Å². The summed E-state index contributed by atoms with van der Waals surface area (Å²) < 4.78 is 26.7. The maximum atomic E-state index is 13.8. The number of halogens is 2. The number of hydrogen-bond donors (Lipinski definition) is 1. The molecule has 1 aromatic rings. The minimum Gasteiger partial charge on any atom is -0.337 e. The molecule has 98 valence electrons. The number of rotatable bonds is 1. The lowest BCUT2D eigenvalue weighted by molar-refractivity contribution is -0.131. The molecule has 1 saturated heterocycles. The smallest absolute Gasteiger partial charge is 0.222 e. The highest BCUT2D eigenvalue weighted by atomic mass is 19.1. The summed E-state index contributed by atoms with van der Waals surface area (Å²) in [6.45, 7) is 0. The lowest BCUT2D eigenvalue weighted by Crippen LogP contribution is -2.40. The molecule has 3 nitrogen and oxygen atoms in total. The summed E-state index contributed by atoms with van der Waals surface area (Å²) in [5.74, 6) is -1.35. The molecule has 1 aliphatic rings. The van der Waals surface area contributed by atoms with Crippen molar-refractivity contribution in [2.24, 2.45) is 5.73 Å². The van der Waals surface area contributed by atoms with Crippen molar-refractivity contribution < 1.29 is 13.6 Å². The van der Waals surface area contributed by atoms with E-state index in [-0.39, 0.29) is 17.5 Å². The fourth-order valence-corrected chi connectivity index (χ4v) is 2.45. The van der Waals surface area contributed by atoms with Crippen LogP contribution in [0, 0.1) is 11.6 Å². The Kier molecular flexibility index (Phi) is 3.61. The minimum absolute atomic E-state index is 0.0586. The molecule has 1 fully saturated rings. The van der Waals surface area contributed by atoms with Crippen molar-refractivity contribution in [2.75, 3.05) is 7.05 Å². The van der Waals surface area contributed by atoms with Gasteiger partial charge in [0.25, 0.3) is 0 Å². The predicted molar refractivity (Wildman–Crippen MR) is 63.7 cm³/mol. The number of nitrogens with two attached hydrogens (primary N) is 1. The highest BCUT2D eigenvalue weighted by Crippen LogP contribution is 2.30. The van der Waals surface area contributed by atoms with Gasteiger partial charge in [-0.1, -0.05) is 6.07 Å². The van der Waals surface area contributed by atoms with Crippen LogP contribution in [0.1, 0.15) is 30.9 Å². The van der Waals surface area contributed by atoms with Crippen molar-refractivity contribution in [2.45, 2.75) is 31.3 Å². The summed E-state index contributed by atoms with van der Waals surface area (Å²) in [4.78, 5) is 13.3. The Balaban J connectivity index is 2.41. The van der Waals surface area contributed by atoms with Gasteiger partial charge in [0.15, 0.2) is 0 Å². The van der Waals surface area contributed by atoms with Crippen molar-refractivity contribution in [3.63, 3.8) is 0 Å². The molecule has 0 spiro atoms. The van der Waals surface area contributed by atoms with E-state index in [9.17, 15) is 13.6 Å². The summed E-state index contributed by atoms with van der Waals surface area (Å²) in [6.07, 6.45) is 1.77. The van der Waals surface area contributed by atoms with Gasteiger partial charge in [-0.05, 0) is 18.9 Å². The second-order valence-electron chi connectivity index (χ2n) is 4.67. The average molecular weight is 254 g/mol. The number of carbonyl (C=O) groups is 1. The zero-order valence-electron chi connectivity index (χ0n) is 10.2. The number of amides is 1. The van der Waals surface area contributed by atoms with Gasteiger partial charge >= 0.3 is 0 Å². The van der Waals surface area contributed by atoms with Gasteiger partial charge in [0.1, 0.15) is 11.6 Å². The molecule has 1 aliphatic heterocycles. The molecule has 0 bridgehead atoms. The third-order valence-electron chi connectivity index (χ3n) is 3.43. The van der Waals surface area contributed by atoms with E-state index >= 15 is 0 Å². The molecule has 0 saturated carbocycles. The van der Waals surface area contributed by atoms with Gasteiger partial charge in [-0.3, -0.25) is 4.79 Å². The molecule has 0 aromatic heterocycles. The maximum absolute atomic E-state index is 13.8. The number of hydrogen-bond acceptors (Lipinski definition) is 2. The quantitative estimate of drug-likeness (QED) is 0.833. The zero-order valence-corrected chi connectivity index (χ0v) is 10.2. The van der Waals surface area contributed by atoms with E-state index in [0.717, 1.165) is 6.07 Å². The summed E-state index contributed by atoms with van der Waals surface area (Å²) in [7, 11) is 1.61. The van der Waals surface area contributed by atoms with Crippen molar-refractivity contribution in [3.8, 4) is 0 Å². The topological polar surface area (TPSA) is 46.3 Å². The number of carbonyl (C=O) groups excluding carboxylic acids is 1. The van der Waals surface area contributed by atoms with Crippen LogP contribution in [0.4, 0.5) is 8.78 Å². The summed E-state index contributed by atoms with van der Waals surface area (Å²) in [5.41, 5.74) is 6.30. The first-order valence-corrected chi connectivity index (χ1v) is 5.97. The standard InChI is InChI=1S/C13H16F2N2O/c1-17-12(18)4-2-3-11(16)13(17)9-6-5-8(14)7-10(9)15/h5-7,11,13H,2-4,16H2,1H3. The molecular weight excluding hydrogens is 238 g/mol.